The molecule has 4 heteroatoms. The Labute approximate surface area is 117 Å². The van der Waals surface area contributed by atoms with Crippen molar-refractivity contribution in [3.8, 4) is 0 Å². The van der Waals surface area contributed by atoms with Crippen LogP contribution in [0.25, 0.3) is 0 Å². The second-order valence-corrected chi connectivity index (χ2v) is 4.90. The van der Waals surface area contributed by atoms with Crippen LogP contribution in [-0.2, 0) is 4.74 Å². The van der Waals surface area contributed by atoms with Crippen LogP contribution in [0.15, 0.2) is 18.3 Å². The van der Waals surface area contributed by atoms with Crippen LogP contribution in [0, 0.1) is 0 Å². The molecule has 1 aromatic rings. The van der Waals surface area contributed by atoms with Crippen molar-refractivity contribution in [2.45, 2.75) is 45.7 Å². The number of nitrogens with two attached hydrogens (primary N) is 1. The second kappa shape index (κ2) is 8.12. The standard InChI is InChI=1S/C15H27N3O/c1-5-12(3)18(9-10-19-4)13-7-8-15(17-11-13)14(16)6-2/h7-8,11-12,14H,5-6,9-10,16H2,1-4H3. The first-order valence-electron chi connectivity index (χ1n) is 7.11. The van der Waals surface area contributed by atoms with Crippen LogP contribution in [-0.4, -0.2) is 31.3 Å². The first kappa shape index (κ1) is 15.9. The molecule has 0 radical (unpaired) electrons. The van der Waals surface area contributed by atoms with E-state index in [0.717, 1.165) is 37.4 Å². The Balaban J connectivity index is 2.84. The lowest BCUT2D eigenvalue weighted by molar-refractivity contribution is 0.203. The highest BCUT2D eigenvalue weighted by molar-refractivity contribution is 5.45. The Hall–Kier alpha value is -1.13. The maximum atomic E-state index is 5.99. The predicted octanol–water partition coefficient (Wildman–Crippen LogP) is 2.74. The SMILES string of the molecule is CCC(N)c1ccc(N(CCOC)C(C)CC)cn1. The van der Waals surface area contributed by atoms with Crippen molar-refractivity contribution in [1.29, 1.82) is 0 Å². The fraction of sp³-hybridized carbons (Fsp3) is 0.667. The van der Waals surface area contributed by atoms with Crippen LogP contribution < -0.4 is 10.6 Å². The van der Waals surface area contributed by atoms with Crippen molar-refractivity contribution in [3.05, 3.63) is 24.0 Å². The summed E-state index contributed by atoms with van der Waals surface area (Å²) in [6, 6.07) is 4.65. The van der Waals surface area contributed by atoms with E-state index < -0.39 is 0 Å². The largest absolute Gasteiger partial charge is 0.383 e. The maximum Gasteiger partial charge on any atom is 0.0637 e. The van der Waals surface area contributed by atoms with Gasteiger partial charge in [-0.3, -0.25) is 4.98 Å². The molecule has 2 N–H and O–H groups in total. The van der Waals surface area contributed by atoms with Crippen LogP contribution in [0.1, 0.15) is 45.3 Å². The molecule has 0 saturated carbocycles. The van der Waals surface area contributed by atoms with E-state index in [1.54, 1.807) is 7.11 Å². The summed E-state index contributed by atoms with van der Waals surface area (Å²) in [7, 11) is 1.73. The van der Waals surface area contributed by atoms with E-state index in [9.17, 15) is 0 Å². The molecule has 0 fully saturated rings. The molecule has 0 aliphatic carbocycles. The molecule has 0 aliphatic heterocycles. The Morgan fingerprint density at radius 1 is 1.32 bits per heavy atom. The van der Waals surface area contributed by atoms with Gasteiger partial charge >= 0.3 is 0 Å². The van der Waals surface area contributed by atoms with Crippen LogP contribution in [0.3, 0.4) is 0 Å². The van der Waals surface area contributed by atoms with E-state index in [1.165, 1.54) is 0 Å². The average molecular weight is 265 g/mol. The molecule has 108 valence electrons. The van der Waals surface area contributed by atoms with Gasteiger partial charge in [0.2, 0.25) is 0 Å². The topological polar surface area (TPSA) is 51.4 Å². The van der Waals surface area contributed by atoms with Crippen LogP contribution in [0.4, 0.5) is 5.69 Å². The third-order valence-electron chi connectivity index (χ3n) is 3.58. The van der Waals surface area contributed by atoms with Crippen LogP contribution in [0.5, 0.6) is 0 Å². The summed E-state index contributed by atoms with van der Waals surface area (Å²) in [5.74, 6) is 0. The van der Waals surface area contributed by atoms with Gasteiger partial charge in [-0.2, -0.15) is 0 Å². The van der Waals surface area contributed by atoms with Crippen molar-refractivity contribution in [2.24, 2.45) is 5.73 Å². The predicted molar refractivity (Wildman–Crippen MR) is 80.4 cm³/mol. The van der Waals surface area contributed by atoms with E-state index in [0.29, 0.717) is 6.04 Å². The lowest BCUT2D eigenvalue weighted by atomic mass is 10.1. The third-order valence-corrected chi connectivity index (χ3v) is 3.58. The fourth-order valence-electron chi connectivity index (χ4n) is 2.01. The monoisotopic (exact) mass is 265 g/mol. The van der Waals surface area contributed by atoms with Crippen molar-refractivity contribution in [2.75, 3.05) is 25.2 Å². The smallest absolute Gasteiger partial charge is 0.0637 e. The van der Waals surface area contributed by atoms with Gasteiger partial charge < -0.3 is 15.4 Å². The van der Waals surface area contributed by atoms with Gasteiger partial charge in [0, 0.05) is 25.7 Å². The van der Waals surface area contributed by atoms with Crippen LogP contribution >= 0.6 is 0 Å². The first-order valence-corrected chi connectivity index (χ1v) is 7.11. The zero-order valence-electron chi connectivity index (χ0n) is 12.6. The summed E-state index contributed by atoms with van der Waals surface area (Å²) in [6.45, 7) is 8.10. The number of methoxy groups -OCH3 is 1. The molecular formula is C15H27N3O. The van der Waals surface area contributed by atoms with E-state index in [4.69, 9.17) is 10.5 Å². The van der Waals surface area contributed by atoms with Crippen molar-refractivity contribution >= 4 is 5.69 Å². The Bertz CT molecular complexity index is 353. The molecule has 1 aromatic heterocycles. The average Bonchev–Trinajstić information content (AvgIpc) is 2.47. The molecule has 2 atom stereocenters. The van der Waals surface area contributed by atoms with Crippen LogP contribution in [0.2, 0.25) is 0 Å². The van der Waals surface area contributed by atoms with Crippen molar-refractivity contribution in [3.63, 3.8) is 0 Å². The Kier molecular flexibility index (Phi) is 6.81. The summed E-state index contributed by atoms with van der Waals surface area (Å²) in [4.78, 5) is 6.82. The molecule has 0 aliphatic rings. The Morgan fingerprint density at radius 3 is 2.53 bits per heavy atom. The quantitative estimate of drug-likeness (QED) is 0.785. The second-order valence-electron chi connectivity index (χ2n) is 4.90. The van der Waals surface area contributed by atoms with Crippen molar-refractivity contribution in [1.82, 2.24) is 4.98 Å². The minimum absolute atomic E-state index is 0.0325. The summed E-state index contributed by atoms with van der Waals surface area (Å²) in [6.07, 6.45) is 3.93. The molecule has 0 saturated heterocycles. The summed E-state index contributed by atoms with van der Waals surface area (Å²) >= 11 is 0. The Morgan fingerprint density at radius 2 is 2.05 bits per heavy atom. The number of rotatable bonds is 8. The normalized spacial score (nSPS) is 14.2. The van der Waals surface area contributed by atoms with Gasteiger partial charge in [-0.1, -0.05) is 13.8 Å². The van der Waals surface area contributed by atoms with Crippen molar-refractivity contribution < 1.29 is 4.74 Å². The number of nitrogens with zero attached hydrogens (tertiary/aromatic N) is 2. The number of hydrogen-bond acceptors (Lipinski definition) is 4. The summed E-state index contributed by atoms with van der Waals surface area (Å²) in [5.41, 5.74) is 8.09. The van der Waals surface area contributed by atoms with Gasteiger partial charge in [0.15, 0.2) is 0 Å². The molecule has 0 bridgehead atoms. The van der Waals surface area contributed by atoms with E-state index in [2.05, 4.69) is 36.7 Å². The fourth-order valence-corrected chi connectivity index (χ4v) is 2.01. The van der Waals surface area contributed by atoms with Gasteiger partial charge in [-0.25, -0.2) is 0 Å². The van der Waals surface area contributed by atoms with Gasteiger partial charge in [-0.15, -0.1) is 0 Å². The molecular weight excluding hydrogens is 238 g/mol. The highest BCUT2D eigenvalue weighted by atomic mass is 16.5. The molecule has 4 nitrogen and oxygen atoms in total. The molecule has 0 spiro atoms. The number of anilines is 1. The van der Waals surface area contributed by atoms with E-state index >= 15 is 0 Å². The molecule has 0 amide bonds. The third kappa shape index (κ3) is 4.48. The van der Waals surface area contributed by atoms with Gasteiger partial charge in [0.25, 0.3) is 0 Å². The highest BCUT2D eigenvalue weighted by Gasteiger charge is 2.14. The number of aromatic nitrogens is 1. The lowest BCUT2D eigenvalue weighted by Crippen LogP contribution is -2.35. The highest BCUT2D eigenvalue weighted by Crippen LogP contribution is 2.20. The molecule has 2 unspecified atom stereocenters. The number of ether oxygens (including phenoxy) is 1. The van der Waals surface area contributed by atoms with E-state index in [-0.39, 0.29) is 6.04 Å². The van der Waals surface area contributed by atoms with Gasteiger partial charge in [0.05, 0.1) is 24.2 Å². The molecule has 1 rings (SSSR count). The summed E-state index contributed by atoms with van der Waals surface area (Å²) in [5, 5.41) is 0. The number of hydrogen-bond donors (Lipinski definition) is 1. The molecule has 0 aromatic carbocycles. The molecule has 1 heterocycles. The van der Waals surface area contributed by atoms with E-state index in [1.807, 2.05) is 12.3 Å². The van der Waals surface area contributed by atoms with Gasteiger partial charge in [-0.05, 0) is 31.9 Å². The zero-order chi connectivity index (χ0) is 14.3. The molecule has 19 heavy (non-hydrogen) atoms. The maximum absolute atomic E-state index is 5.99. The lowest BCUT2D eigenvalue weighted by Gasteiger charge is -2.30. The summed E-state index contributed by atoms with van der Waals surface area (Å²) < 4.78 is 5.19. The number of pyridine rings is 1. The minimum atomic E-state index is 0.0325. The minimum Gasteiger partial charge on any atom is -0.383 e. The zero-order valence-corrected chi connectivity index (χ0v) is 12.6. The van der Waals surface area contributed by atoms with Gasteiger partial charge in [0.1, 0.15) is 0 Å². The first-order chi connectivity index (χ1) is 9.13.